The van der Waals surface area contributed by atoms with Gasteiger partial charge in [0.15, 0.2) is 0 Å². The fourth-order valence-corrected chi connectivity index (χ4v) is 4.00. The number of aromatic nitrogens is 1. The standard InChI is InChI=1S/C16H18N2O4S2/c1-4-24(22)12-8-6-5-7-11(12)14(19)17-10(3)15-18-9(2)13(23-15)16(20)21/h5-8,10H,4H2,1-3H3,(H,17,19)(H,20,21). The van der Waals surface area contributed by atoms with Crippen LogP contribution < -0.4 is 5.32 Å². The molecule has 2 atom stereocenters. The predicted molar refractivity (Wildman–Crippen MR) is 93.1 cm³/mol. The topological polar surface area (TPSA) is 96.4 Å². The molecule has 6 nitrogen and oxygen atoms in total. The number of hydrogen-bond donors (Lipinski definition) is 2. The van der Waals surface area contributed by atoms with Gasteiger partial charge in [-0.1, -0.05) is 19.1 Å². The number of aryl methyl sites for hydroxylation is 1. The molecule has 0 fully saturated rings. The van der Waals surface area contributed by atoms with Gasteiger partial charge in [0.25, 0.3) is 5.91 Å². The van der Waals surface area contributed by atoms with Crippen LogP contribution in [0.3, 0.4) is 0 Å². The molecule has 0 aliphatic rings. The zero-order chi connectivity index (χ0) is 17.9. The summed E-state index contributed by atoms with van der Waals surface area (Å²) in [5.74, 6) is -0.962. The molecule has 0 radical (unpaired) electrons. The first kappa shape index (κ1) is 18.3. The van der Waals surface area contributed by atoms with Gasteiger partial charge in [-0.3, -0.25) is 9.00 Å². The van der Waals surface area contributed by atoms with Gasteiger partial charge in [0.2, 0.25) is 0 Å². The molecule has 0 aliphatic heterocycles. The SMILES string of the molecule is CCS(=O)c1ccccc1C(=O)NC(C)c1nc(C)c(C(=O)O)s1. The van der Waals surface area contributed by atoms with Crippen molar-refractivity contribution in [2.24, 2.45) is 0 Å². The Morgan fingerprint density at radius 1 is 1.38 bits per heavy atom. The number of carboxylic acid groups (broad SMARTS) is 1. The Morgan fingerprint density at radius 2 is 2.04 bits per heavy atom. The third-order valence-electron chi connectivity index (χ3n) is 3.36. The Bertz CT molecular complexity index is 801. The van der Waals surface area contributed by atoms with Crippen LogP contribution in [0.5, 0.6) is 0 Å². The highest BCUT2D eigenvalue weighted by Gasteiger charge is 2.21. The van der Waals surface area contributed by atoms with Crippen LogP contribution in [-0.2, 0) is 10.8 Å². The van der Waals surface area contributed by atoms with Gasteiger partial charge in [-0.25, -0.2) is 9.78 Å². The number of aromatic carboxylic acids is 1. The van der Waals surface area contributed by atoms with Gasteiger partial charge in [0.1, 0.15) is 9.88 Å². The molecular formula is C16H18N2O4S2. The molecule has 0 spiro atoms. The van der Waals surface area contributed by atoms with E-state index in [1.807, 2.05) is 0 Å². The molecule has 2 rings (SSSR count). The lowest BCUT2D eigenvalue weighted by Gasteiger charge is -2.13. The van der Waals surface area contributed by atoms with Crippen LogP contribution in [0.4, 0.5) is 0 Å². The van der Waals surface area contributed by atoms with Crippen LogP contribution >= 0.6 is 11.3 Å². The van der Waals surface area contributed by atoms with Crippen molar-refractivity contribution in [1.29, 1.82) is 0 Å². The van der Waals surface area contributed by atoms with E-state index < -0.39 is 22.8 Å². The molecule has 128 valence electrons. The smallest absolute Gasteiger partial charge is 0.347 e. The number of nitrogens with one attached hydrogen (secondary N) is 1. The highest BCUT2D eigenvalue weighted by molar-refractivity contribution is 7.85. The van der Waals surface area contributed by atoms with Crippen molar-refractivity contribution < 1.29 is 18.9 Å². The molecule has 0 saturated heterocycles. The quantitative estimate of drug-likeness (QED) is 0.819. The molecule has 1 aromatic carbocycles. The van der Waals surface area contributed by atoms with Crippen LogP contribution in [0.2, 0.25) is 0 Å². The number of amides is 1. The molecule has 1 amide bonds. The van der Waals surface area contributed by atoms with Crippen molar-refractivity contribution in [1.82, 2.24) is 10.3 Å². The summed E-state index contributed by atoms with van der Waals surface area (Å²) in [7, 11) is -1.24. The molecule has 1 heterocycles. The summed E-state index contributed by atoms with van der Waals surface area (Å²) < 4.78 is 12.1. The fourth-order valence-electron chi connectivity index (χ4n) is 2.15. The van der Waals surface area contributed by atoms with E-state index >= 15 is 0 Å². The van der Waals surface area contributed by atoms with Crippen molar-refractivity contribution in [3.8, 4) is 0 Å². The Balaban J connectivity index is 2.22. The summed E-state index contributed by atoms with van der Waals surface area (Å²) in [6.07, 6.45) is 0. The maximum absolute atomic E-state index is 12.5. The summed E-state index contributed by atoms with van der Waals surface area (Å²) in [4.78, 5) is 28.5. The van der Waals surface area contributed by atoms with Crippen LogP contribution in [0.1, 0.15) is 50.6 Å². The molecule has 0 saturated carbocycles. The van der Waals surface area contributed by atoms with E-state index in [-0.39, 0.29) is 10.8 Å². The van der Waals surface area contributed by atoms with Crippen molar-refractivity contribution in [3.05, 3.63) is 45.4 Å². The summed E-state index contributed by atoms with van der Waals surface area (Å²) in [5.41, 5.74) is 0.785. The van der Waals surface area contributed by atoms with Gasteiger partial charge in [0.05, 0.1) is 33.0 Å². The largest absolute Gasteiger partial charge is 0.477 e. The van der Waals surface area contributed by atoms with Crippen LogP contribution in [0.25, 0.3) is 0 Å². The zero-order valence-corrected chi connectivity index (χ0v) is 15.2. The number of benzene rings is 1. The molecule has 0 aliphatic carbocycles. The van der Waals surface area contributed by atoms with Gasteiger partial charge >= 0.3 is 5.97 Å². The molecule has 0 bridgehead atoms. The summed E-state index contributed by atoms with van der Waals surface area (Å²) in [5, 5.41) is 12.4. The van der Waals surface area contributed by atoms with E-state index in [0.717, 1.165) is 11.3 Å². The maximum atomic E-state index is 12.5. The summed E-state index contributed by atoms with van der Waals surface area (Å²) in [6.45, 7) is 5.15. The highest BCUT2D eigenvalue weighted by Crippen LogP contribution is 2.24. The number of thiazole rings is 1. The van der Waals surface area contributed by atoms with Gasteiger partial charge in [-0.15, -0.1) is 11.3 Å². The predicted octanol–water partition coefficient (Wildman–Crippen LogP) is 2.77. The molecule has 2 N–H and O–H groups in total. The third-order valence-corrected chi connectivity index (χ3v) is 6.06. The number of carbonyl (C=O) groups is 2. The second-order valence-corrected chi connectivity index (χ2v) is 7.84. The van der Waals surface area contributed by atoms with Gasteiger partial charge in [0, 0.05) is 5.75 Å². The average molecular weight is 366 g/mol. The maximum Gasteiger partial charge on any atom is 0.347 e. The first-order chi connectivity index (χ1) is 11.3. The van der Waals surface area contributed by atoms with E-state index in [4.69, 9.17) is 5.11 Å². The fraction of sp³-hybridized carbons (Fsp3) is 0.312. The van der Waals surface area contributed by atoms with Crippen LogP contribution in [-0.4, -0.2) is 31.9 Å². The Morgan fingerprint density at radius 3 is 2.62 bits per heavy atom. The van der Waals surface area contributed by atoms with Crippen molar-refractivity contribution in [2.45, 2.75) is 31.7 Å². The Labute approximate surface area is 146 Å². The van der Waals surface area contributed by atoms with Crippen molar-refractivity contribution in [2.75, 3.05) is 5.75 Å². The normalized spacial score (nSPS) is 13.3. The second-order valence-electron chi connectivity index (χ2n) is 5.10. The second kappa shape index (κ2) is 7.67. The molecule has 8 heteroatoms. The van der Waals surface area contributed by atoms with Crippen LogP contribution in [0, 0.1) is 6.92 Å². The summed E-state index contributed by atoms with van der Waals surface area (Å²) >= 11 is 1.04. The van der Waals surface area contributed by atoms with E-state index in [1.165, 1.54) is 0 Å². The van der Waals surface area contributed by atoms with E-state index in [0.29, 0.717) is 26.9 Å². The van der Waals surface area contributed by atoms with Crippen molar-refractivity contribution >= 4 is 34.0 Å². The Hall–Kier alpha value is -2.06. The lowest BCUT2D eigenvalue weighted by Crippen LogP contribution is -2.27. The number of carbonyl (C=O) groups excluding carboxylic acids is 1. The highest BCUT2D eigenvalue weighted by atomic mass is 32.2. The van der Waals surface area contributed by atoms with Gasteiger partial charge in [-0.2, -0.15) is 0 Å². The van der Waals surface area contributed by atoms with Crippen molar-refractivity contribution in [3.63, 3.8) is 0 Å². The van der Waals surface area contributed by atoms with Gasteiger partial charge in [-0.05, 0) is 26.0 Å². The zero-order valence-electron chi connectivity index (χ0n) is 13.5. The molecule has 24 heavy (non-hydrogen) atoms. The van der Waals surface area contributed by atoms with Crippen LogP contribution in [0.15, 0.2) is 29.2 Å². The number of rotatable bonds is 6. The minimum absolute atomic E-state index is 0.165. The molecule has 1 aromatic heterocycles. The van der Waals surface area contributed by atoms with E-state index in [1.54, 1.807) is 45.0 Å². The first-order valence-electron chi connectivity index (χ1n) is 7.34. The first-order valence-corrected chi connectivity index (χ1v) is 9.47. The monoisotopic (exact) mass is 366 g/mol. The minimum atomic E-state index is -1.24. The number of nitrogens with zero attached hydrogens (tertiary/aromatic N) is 1. The van der Waals surface area contributed by atoms with Gasteiger partial charge < -0.3 is 10.4 Å². The third kappa shape index (κ3) is 3.88. The number of hydrogen-bond acceptors (Lipinski definition) is 5. The van der Waals surface area contributed by atoms with E-state index in [2.05, 4.69) is 10.3 Å². The van der Waals surface area contributed by atoms with E-state index in [9.17, 15) is 13.8 Å². The average Bonchev–Trinajstić information content (AvgIpc) is 2.96. The summed E-state index contributed by atoms with van der Waals surface area (Å²) in [6, 6.07) is 6.31. The lowest BCUT2D eigenvalue weighted by molar-refractivity contribution is 0.0701. The molecule has 2 aromatic rings. The number of carboxylic acids is 1. The Kier molecular flexibility index (Phi) is 5.84. The molecular weight excluding hydrogens is 348 g/mol. The minimum Gasteiger partial charge on any atom is -0.477 e. The molecule has 2 unspecified atom stereocenters. The lowest BCUT2D eigenvalue weighted by atomic mass is 10.2.